The largest absolute Gasteiger partial charge is 0.326 e. The van der Waals surface area contributed by atoms with Gasteiger partial charge >= 0.3 is 0 Å². The molecule has 18 heavy (non-hydrogen) atoms. The van der Waals surface area contributed by atoms with Gasteiger partial charge < -0.3 is 5.73 Å². The lowest BCUT2D eigenvalue weighted by molar-refractivity contribution is -0.385. The molecule has 0 bridgehead atoms. The molecule has 0 aromatic heterocycles. The molecule has 100 valence electrons. The average Bonchev–Trinajstić information content (AvgIpc) is 2.63. The van der Waals surface area contributed by atoms with E-state index in [9.17, 15) is 10.1 Å². The summed E-state index contributed by atoms with van der Waals surface area (Å²) in [6.45, 7) is 2.19. The van der Waals surface area contributed by atoms with Crippen LogP contribution in [-0.2, 0) is 6.54 Å². The Morgan fingerprint density at radius 2 is 2.28 bits per heavy atom. The van der Waals surface area contributed by atoms with Crippen molar-refractivity contribution in [2.75, 3.05) is 13.1 Å². The van der Waals surface area contributed by atoms with Crippen LogP contribution in [0.1, 0.15) is 12.0 Å². The Labute approximate surface area is 116 Å². The van der Waals surface area contributed by atoms with Crippen LogP contribution in [0.25, 0.3) is 0 Å². The minimum Gasteiger partial charge on any atom is -0.326 e. The molecule has 1 aromatic carbocycles. The monoisotopic (exact) mass is 291 g/mol. The summed E-state index contributed by atoms with van der Waals surface area (Å²) in [5.41, 5.74) is 6.57. The van der Waals surface area contributed by atoms with Gasteiger partial charge in [-0.15, -0.1) is 12.4 Å². The standard InChI is InChI=1S/C11H14ClN3O2.ClH/c12-9-1-2-11(15(16)17)8(5-9)6-14-4-3-10(13)7-14;/h1-2,5,10H,3-4,6-7,13H2;1H/t10-;/m1./s1. The van der Waals surface area contributed by atoms with Gasteiger partial charge in [-0.25, -0.2) is 0 Å². The van der Waals surface area contributed by atoms with Crippen LogP contribution in [0.2, 0.25) is 5.02 Å². The molecule has 1 aliphatic heterocycles. The van der Waals surface area contributed by atoms with Crippen molar-refractivity contribution in [3.63, 3.8) is 0 Å². The molecule has 0 unspecified atom stereocenters. The lowest BCUT2D eigenvalue weighted by Gasteiger charge is -2.15. The fraction of sp³-hybridized carbons (Fsp3) is 0.455. The third kappa shape index (κ3) is 3.55. The van der Waals surface area contributed by atoms with Crippen LogP contribution in [0.5, 0.6) is 0 Å². The van der Waals surface area contributed by atoms with Gasteiger partial charge in [0.15, 0.2) is 0 Å². The van der Waals surface area contributed by atoms with Gasteiger partial charge in [0.05, 0.1) is 4.92 Å². The summed E-state index contributed by atoms with van der Waals surface area (Å²) in [4.78, 5) is 12.6. The highest BCUT2D eigenvalue weighted by molar-refractivity contribution is 6.30. The van der Waals surface area contributed by atoms with E-state index in [4.69, 9.17) is 17.3 Å². The number of rotatable bonds is 3. The molecule has 1 saturated heterocycles. The zero-order chi connectivity index (χ0) is 12.4. The van der Waals surface area contributed by atoms with Gasteiger partial charge in [-0.1, -0.05) is 11.6 Å². The number of halogens is 2. The van der Waals surface area contributed by atoms with Gasteiger partial charge in [0.1, 0.15) is 0 Å². The summed E-state index contributed by atoms with van der Waals surface area (Å²) in [7, 11) is 0. The van der Waals surface area contributed by atoms with Crippen molar-refractivity contribution in [2.45, 2.75) is 19.0 Å². The topological polar surface area (TPSA) is 72.4 Å². The number of hydrogen-bond donors (Lipinski definition) is 1. The van der Waals surface area contributed by atoms with E-state index in [1.807, 2.05) is 0 Å². The number of likely N-dealkylation sites (tertiary alicyclic amines) is 1. The summed E-state index contributed by atoms with van der Waals surface area (Å²) < 4.78 is 0. The molecule has 1 fully saturated rings. The summed E-state index contributed by atoms with van der Waals surface area (Å²) in [6, 6.07) is 4.82. The predicted octanol–water partition coefficient (Wildman–Crippen LogP) is 2.20. The summed E-state index contributed by atoms with van der Waals surface area (Å²) >= 11 is 5.87. The Bertz CT molecular complexity index is 442. The second-order valence-electron chi connectivity index (χ2n) is 4.31. The van der Waals surface area contributed by atoms with E-state index in [0.717, 1.165) is 19.5 Å². The summed E-state index contributed by atoms with van der Waals surface area (Å²) in [6.07, 6.45) is 0.939. The van der Waals surface area contributed by atoms with Crippen LogP contribution in [0, 0.1) is 10.1 Å². The van der Waals surface area contributed by atoms with Gasteiger partial charge in [0, 0.05) is 42.3 Å². The Balaban J connectivity index is 0.00000162. The smallest absolute Gasteiger partial charge is 0.273 e. The number of hydrogen-bond acceptors (Lipinski definition) is 4. The number of nitrogens with two attached hydrogens (primary N) is 1. The van der Waals surface area contributed by atoms with Gasteiger partial charge in [0.2, 0.25) is 0 Å². The molecule has 0 amide bonds. The first-order valence-electron chi connectivity index (χ1n) is 5.47. The molecule has 7 heteroatoms. The van der Waals surface area contributed by atoms with Crippen LogP contribution < -0.4 is 5.73 Å². The molecule has 0 spiro atoms. The summed E-state index contributed by atoms with van der Waals surface area (Å²) in [5, 5.41) is 11.4. The number of nitro groups is 1. The molecular formula is C11H15Cl2N3O2. The number of benzene rings is 1. The van der Waals surface area contributed by atoms with Crippen molar-refractivity contribution in [1.29, 1.82) is 0 Å². The van der Waals surface area contributed by atoms with Crippen LogP contribution in [0.4, 0.5) is 5.69 Å². The van der Waals surface area contributed by atoms with E-state index < -0.39 is 0 Å². The van der Waals surface area contributed by atoms with E-state index in [1.54, 1.807) is 12.1 Å². The zero-order valence-corrected chi connectivity index (χ0v) is 11.3. The van der Waals surface area contributed by atoms with E-state index >= 15 is 0 Å². The zero-order valence-electron chi connectivity index (χ0n) is 9.71. The number of nitro benzene ring substituents is 1. The Hall–Kier alpha value is -0.880. The van der Waals surface area contributed by atoms with Gasteiger partial charge in [-0.2, -0.15) is 0 Å². The van der Waals surface area contributed by atoms with Crippen LogP contribution in [-0.4, -0.2) is 29.0 Å². The molecule has 1 aliphatic rings. The van der Waals surface area contributed by atoms with Crippen LogP contribution in [0.15, 0.2) is 18.2 Å². The summed E-state index contributed by atoms with van der Waals surface area (Å²) in [5.74, 6) is 0. The first-order chi connectivity index (χ1) is 8.06. The second-order valence-corrected chi connectivity index (χ2v) is 4.75. The highest BCUT2D eigenvalue weighted by atomic mass is 35.5. The highest BCUT2D eigenvalue weighted by Gasteiger charge is 2.22. The SMILES string of the molecule is Cl.N[C@@H]1CCN(Cc2cc(Cl)ccc2[N+](=O)[O-])C1. The van der Waals surface area contributed by atoms with E-state index in [0.29, 0.717) is 17.1 Å². The molecule has 0 radical (unpaired) electrons. The molecule has 0 aliphatic carbocycles. The van der Waals surface area contributed by atoms with Crippen molar-refractivity contribution in [3.8, 4) is 0 Å². The minimum atomic E-state index is -0.373. The Morgan fingerprint density at radius 3 is 2.83 bits per heavy atom. The van der Waals surface area contributed by atoms with Crippen molar-refractivity contribution < 1.29 is 4.92 Å². The van der Waals surface area contributed by atoms with Crippen molar-refractivity contribution in [2.24, 2.45) is 5.73 Å². The minimum absolute atomic E-state index is 0. The third-order valence-corrected chi connectivity index (χ3v) is 3.18. The molecular weight excluding hydrogens is 277 g/mol. The van der Waals surface area contributed by atoms with Crippen molar-refractivity contribution >= 4 is 29.7 Å². The maximum atomic E-state index is 10.9. The maximum absolute atomic E-state index is 10.9. The maximum Gasteiger partial charge on any atom is 0.273 e. The van der Waals surface area contributed by atoms with Crippen LogP contribution in [0.3, 0.4) is 0 Å². The average molecular weight is 292 g/mol. The van der Waals surface area contributed by atoms with Gasteiger partial charge in [0.25, 0.3) is 5.69 Å². The van der Waals surface area contributed by atoms with Crippen molar-refractivity contribution in [1.82, 2.24) is 4.90 Å². The fourth-order valence-corrected chi connectivity index (χ4v) is 2.30. The molecule has 2 rings (SSSR count). The molecule has 5 nitrogen and oxygen atoms in total. The molecule has 1 atom stereocenters. The second kappa shape index (κ2) is 6.33. The lowest BCUT2D eigenvalue weighted by Crippen LogP contribution is -2.26. The quantitative estimate of drug-likeness (QED) is 0.684. The molecule has 2 N–H and O–H groups in total. The van der Waals surface area contributed by atoms with Gasteiger partial charge in [-0.05, 0) is 18.6 Å². The van der Waals surface area contributed by atoms with Crippen molar-refractivity contribution in [3.05, 3.63) is 38.9 Å². The lowest BCUT2D eigenvalue weighted by atomic mass is 10.1. The number of nitrogens with zero attached hydrogens (tertiary/aromatic N) is 2. The fourth-order valence-electron chi connectivity index (χ4n) is 2.11. The third-order valence-electron chi connectivity index (χ3n) is 2.94. The van der Waals surface area contributed by atoms with E-state index in [-0.39, 0.29) is 29.1 Å². The Morgan fingerprint density at radius 1 is 1.56 bits per heavy atom. The first kappa shape index (κ1) is 15.2. The highest BCUT2D eigenvalue weighted by Crippen LogP contribution is 2.25. The van der Waals surface area contributed by atoms with E-state index in [1.165, 1.54) is 6.07 Å². The van der Waals surface area contributed by atoms with Crippen LogP contribution >= 0.6 is 24.0 Å². The predicted molar refractivity (Wildman–Crippen MR) is 73.2 cm³/mol. The van der Waals surface area contributed by atoms with E-state index in [2.05, 4.69) is 4.90 Å². The molecule has 1 heterocycles. The first-order valence-corrected chi connectivity index (χ1v) is 5.85. The van der Waals surface area contributed by atoms with Gasteiger partial charge in [-0.3, -0.25) is 15.0 Å². The normalized spacial score (nSPS) is 19.6. The molecule has 0 saturated carbocycles. The Kier molecular flexibility index (Phi) is 5.34. The molecule has 1 aromatic rings.